The Hall–Kier alpha value is -3.34. The summed E-state index contributed by atoms with van der Waals surface area (Å²) < 4.78 is 5.09. The second-order valence-electron chi connectivity index (χ2n) is 5.72. The number of hydroxylamine groups is 1. The SMILES string of the molecule is COc1ccc(C#Cc2ccc(C(=O)NC(C(=O)NO)C(C)O)cc2)cc1. The molecule has 0 radical (unpaired) electrons. The van der Waals surface area contributed by atoms with Gasteiger partial charge in [-0.15, -0.1) is 0 Å². The highest BCUT2D eigenvalue weighted by molar-refractivity contribution is 5.97. The number of carbonyl (C=O) groups is 2. The third-order valence-corrected chi connectivity index (χ3v) is 3.75. The Morgan fingerprint density at radius 3 is 1.96 bits per heavy atom. The van der Waals surface area contributed by atoms with E-state index in [4.69, 9.17) is 9.94 Å². The molecule has 0 aliphatic rings. The van der Waals surface area contributed by atoms with Crippen LogP contribution in [0.3, 0.4) is 0 Å². The Morgan fingerprint density at radius 2 is 1.52 bits per heavy atom. The van der Waals surface area contributed by atoms with Crippen molar-refractivity contribution in [3.05, 3.63) is 65.2 Å². The van der Waals surface area contributed by atoms with Crippen molar-refractivity contribution in [3.63, 3.8) is 0 Å². The molecule has 4 N–H and O–H groups in total. The molecule has 27 heavy (non-hydrogen) atoms. The molecule has 0 bridgehead atoms. The van der Waals surface area contributed by atoms with Crippen LogP contribution in [0.2, 0.25) is 0 Å². The van der Waals surface area contributed by atoms with Gasteiger partial charge in [0.2, 0.25) is 0 Å². The van der Waals surface area contributed by atoms with Crippen LogP contribution in [0.5, 0.6) is 5.75 Å². The maximum absolute atomic E-state index is 12.2. The highest BCUT2D eigenvalue weighted by Crippen LogP contribution is 2.11. The second-order valence-corrected chi connectivity index (χ2v) is 5.72. The number of aliphatic hydroxyl groups excluding tert-OH is 1. The molecule has 0 aliphatic carbocycles. The molecule has 2 aromatic carbocycles. The monoisotopic (exact) mass is 368 g/mol. The van der Waals surface area contributed by atoms with Crippen molar-refractivity contribution >= 4 is 11.8 Å². The van der Waals surface area contributed by atoms with Crippen molar-refractivity contribution in [2.24, 2.45) is 0 Å². The molecular weight excluding hydrogens is 348 g/mol. The van der Waals surface area contributed by atoms with Gasteiger partial charge >= 0.3 is 0 Å². The summed E-state index contributed by atoms with van der Waals surface area (Å²) >= 11 is 0. The van der Waals surface area contributed by atoms with Gasteiger partial charge in [0.1, 0.15) is 11.8 Å². The highest BCUT2D eigenvalue weighted by Gasteiger charge is 2.25. The second kappa shape index (κ2) is 9.38. The lowest BCUT2D eigenvalue weighted by Crippen LogP contribution is -2.51. The number of aliphatic hydroxyl groups is 1. The molecule has 2 atom stereocenters. The van der Waals surface area contributed by atoms with E-state index < -0.39 is 24.0 Å². The van der Waals surface area contributed by atoms with Crippen LogP contribution in [0.15, 0.2) is 48.5 Å². The Morgan fingerprint density at radius 1 is 1.00 bits per heavy atom. The fraction of sp³-hybridized carbons (Fsp3) is 0.200. The fourth-order valence-corrected chi connectivity index (χ4v) is 2.22. The normalized spacial score (nSPS) is 12.1. The molecule has 0 saturated carbocycles. The molecular formula is C20H20N2O5. The molecule has 0 saturated heterocycles. The first-order chi connectivity index (χ1) is 12.9. The summed E-state index contributed by atoms with van der Waals surface area (Å²) in [5, 5.41) is 20.6. The first-order valence-electron chi connectivity index (χ1n) is 8.13. The largest absolute Gasteiger partial charge is 0.497 e. The number of nitrogens with one attached hydrogen (secondary N) is 2. The first kappa shape index (κ1) is 20.0. The van der Waals surface area contributed by atoms with Gasteiger partial charge in [0.15, 0.2) is 0 Å². The van der Waals surface area contributed by atoms with Gasteiger partial charge in [0.25, 0.3) is 11.8 Å². The molecule has 0 aliphatic heterocycles. The lowest BCUT2D eigenvalue weighted by molar-refractivity contribution is -0.133. The van der Waals surface area contributed by atoms with Crippen molar-refractivity contribution in [1.82, 2.24) is 10.8 Å². The lowest BCUT2D eigenvalue weighted by Gasteiger charge is -2.19. The molecule has 7 heteroatoms. The maximum atomic E-state index is 12.2. The van der Waals surface area contributed by atoms with Gasteiger partial charge in [-0.05, 0) is 55.5 Å². The van der Waals surface area contributed by atoms with E-state index in [9.17, 15) is 14.7 Å². The van der Waals surface area contributed by atoms with Crippen molar-refractivity contribution in [2.75, 3.05) is 7.11 Å². The summed E-state index contributed by atoms with van der Waals surface area (Å²) in [7, 11) is 1.60. The average Bonchev–Trinajstić information content (AvgIpc) is 2.70. The van der Waals surface area contributed by atoms with Gasteiger partial charge in [-0.1, -0.05) is 11.8 Å². The van der Waals surface area contributed by atoms with E-state index in [1.807, 2.05) is 24.3 Å². The fourth-order valence-electron chi connectivity index (χ4n) is 2.22. The molecule has 2 unspecified atom stereocenters. The van der Waals surface area contributed by atoms with Crippen LogP contribution < -0.4 is 15.5 Å². The van der Waals surface area contributed by atoms with Crippen LogP contribution in [0.25, 0.3) is 0 Å². The predicted molar refractivity (Wildman–Crippen MR) is 98.3 cm³/mol. The number of rotatable bonds is 5. The summed E-state index contributed by atoms with van der Waals surface area (Å²) in [5.41, 5.74) is 3.24. The molecule has 0 heterocycles. The van der Waals surface area contributed by atoms with E-state index in [-0.39, 0.29) is 0 Å². The molecule has 0 fully saturated rings. The third kappa shape index (κ3) is 5.57. The van der Waals surface area contributed by atoms with Crippen LogP contribution in [-0.4, -0.2) is 41.4 Å². The van der Waals surface area contributed by atoms with Crippen LogP contribution in [0.4, 0.5) is 0 Å². The molecule has 0 spiro atoms. The van der Waals surface area contributed by atoms with Crippen LogP contribution in [0.1, 0.15) is 28.4 Å². The summed E-state index contributed by atoms with van der Waals surface area (Å²) in [6.45, 7) is 1.33. The van der Waals surface area contributed by atoms with Gasteiger partial charge in [0, 0.05) is 16.7 Å². The van der Waals surface area contributed by atoms with E-state index in [0.717, 1.165) is 11.3 Å². The van der Waals surface area contributed by atoms with Crippen molar-refractivity contribution in [1.29, 1.82) is 0 Å². The van der Waals surface area contributed by atoms with Gasteiger partial charge in [-0.3, -0.25) is 14.8 Å². The van der Waals surface area contributed by atoms with Crippen LogP contribution in [0, 0.1) is 11.8 Å². The van der Waals surface area contributed by atoms with Gasteiger partial charge in [-0.2, -0.15) is 0 Å². The quantitative estimate of drug-likeness (QED) is 0.359. The van der Waals surface area contributed by atoms with E-state index in [2.05, 4.69) is 17.2 Å². The zero-order chi connectivity index (χ0) is 19.8. The minimum absolute atomic E-state index is 0.293. The Labute approximate surface area is 156 Å². The lowest BCUT2D eigenvalue weighted by atomic mass is 10.1. The summed E-state index contributed by atoms with van der Waals surface area (Å²) in [5.74, 6) is 5.29. The standard InChI is InChI=1S/C20H20N2O5/c1-13(23)18(20(25)22-26)21-19(24)16-9-5-14(6-10-16)3-4-15-7-11-17(27-2)12-8-15/h5-13,18,23,26H,1-2H3,(H,21,24)(H,22,25). The Balaban J connectivity index is 2.07. The van der Waals surface area contributed by atoms with Gasteiger partial charge < -0.3 is 15.2 Å². The summed E-state index contributed by atoms with van der Waals surface area (Å²) in [4.78, 5) is 23.7. The minimum atomic E-state index is -1.27. The molecule has 2 aromatic rings. The average molecular weight is 368 g/mol. The molecule has 0 aromatic heterocycles. The number of hydrogen-bond donors (Lipinski definition) is 4. The number of benzene rings is 2. The Kier molecular flexibility index (Phi) is 6.94. The summed E-state index contributed by atoms with van der Waals surface area (Å²) in [6, 6.07) is 12.5. The van der Waals surface area contributed by atoms with Gasteiger partial charge in [-0.25, -0.2) is 5.48 Å². The van der Waals surface area contributed by atoms with Crippen molar-refractivity contribution in [3.8, 4) is 17.6 Å². The van der Waals surface area contributed by atoms with E-state index >= 15 is 0 Å². The Bertz CT molecular complexity index is 849. The molecule has 2 amide bonds. The molecule has 7 nitrogen and oxygen atoms in total. The zero-order valence-corrected chi connectivity index (χ0v) is 14.9. The van der Waals surface area contributed by atoms with Crippen molar-refractivity contribution < 1.29 is 24.6 Å². The van der Waals surface area contributed by atoms with Crippen LogP contribution >= 0.6 is 0 Å². The number of hydrogen-bond acceptors (Lipinski definition) is 5. The minimum Gasteiger partial charge on any atom is -0.497 e. The maximum Gasteiger partial charge on any atom is 0.268 e. The van der Waals surface area contributed by atoms with Crippen molar-refractivity contribution in [2.45, 2.75) is 19.1 Å². The van der Waals surface area contributed by atoms with Crippen LogP contribution in [-0.2, 0) is 4.79 Å². The number of amides is 2. The van der Waals surface area contributed by atoms with E-state index in [0.29, 0.717) is 11.1 Å². The van der Waals surface area contributed by atoms with E-state index in [1.54, 1.807) is 31.4 Å². The number of methoxy groups -OCH3 is 1. The first-order valence-corrected chi connectivity index (χ1v) is 8.13. The smallest absolute Gasteiger partial charge is 0.268 e. The molecule has 140 valence electrons. The summed E-state index contributed by atoms with van der Waals surface area (Å²) in [6.07, 6.45) is -1.17. The third-order valence-electron chi connectivity index (χ3n) is 3.75. The zero-order valence-electron chi connectivity index (χ0n) is 14.9. The number of carbonyl (C=O) groups excluding carboxylic acids is 2. The highest BCUT2D eigenvalue weighted by atomic mass is 16.5. The topological polar surface area (TPSA) is 108 Å². The predicted octanol–water partition coefficient (Wildman–Crippen LogP) is 1.08. The van der Waals surface area contributed by atoms with E-state index in [1.165, 1.54) is 12.4 Å². The number of ether oxygens (including phenoxy) is 1. The van der Waals surface area contributed by atoms with Gasteiger partial charge in [0.05, 0.1) is 13.2 Å². The molecule has 2 rings (SSSR count).